The highest BCUT2D eigenvalue weighted by molar-refractivity contribution is 5.90. The van der Waals surface area contributed by atoms with Crippen molar-refractivity contribution in [1.82, 2.24) is 0 Å². The fourth-order valence-electron chi connectivity index (χ4n) is 2.50. The third-order valence-corrected chi connectivity index (χ3v) is 4.39. The lowest BCUT2D eigenvalue weighted by atomic mass is 9.66. The molecule has 114 valence electrons. The number of carboxylic acids is 1. The van der Waals surface area contributed by atoms with Crippen LogP contribution in [0.4, 0.5) is 13.2 Å². The molecule has 2 atom stereocenters. The number of carboxylic acid groups (broad SMARTS) is 1. The zero-order valence-electron chi connectivity index (χ0n) is 11.2. The van der Waals surface area contributed by atoms with Crippen LogP contribution >= 0.6 is 0 Å². The van der Waals surface area contributed by atoms with Crippen molar-refractivity contribution in [1.29, 1.82) is 0 Å². The molecule has 1 aliphatic carbocycles. The van der Waals surface area contributed by atoms with Gasteiger partial charge >= 0.3 is 18.1 Å². The Morgan fingerprint density at radius 2 is 1.70 bits per heavy atom. The van der Waals surface area contributed by atoms with Crippen molar-refractivity contribution in [2.24, 2.45) is 16.7 Å². The first-order valence-corrected chi connectivity index (χ1v) is 5.88. The van der Waals surface area contributed by atoms with E-state index in [9.17, 15) is 32.7 Å². The molecule has 2 unspecified atom stereocenters. The lowest BCUT2D eigenvalue weighted by Gasteiger charge is -2.41. The molecule has 0 bridgehead atoms. The van der Waals surface area contributed by atoms with Gasteiger partial charge in [0.1, 0.15) is 0 Å². The molecule has 1 rings (SSSR count). The van der Waals surface area contributed by atoms with E-state index < -0.39 is 40.8 Å². The molecule has 5 nitrogen and oxygen atoms in total. The van der Waals surface area contributed by atoms with Gasteiger partial charge in [0.15, 0.2) is 0 Å². The van der Waals surface area contributed by atoms with Crippen LogP contribution in [0.25, 0.3) is 0 Å². The second-order valence-electron chi connectivity index (χ2n) is 5.64. The van der Waals surface area contributed by atoms with E-state index in [2.05, 4.69) is 4.74 Å². The summed E-state index contributed by atoms with van der Waals surface area (Å²) in [4.78, 5) is 33.5. The van der Waals surface area contributed by atoms with E-state index >= 15 is 0 Å². The largest absolute Gasteiger partial charge is 0.550 e. The van der Waals surface area contributed by atoms with Crippen molar-refractivity contribution in [2.45, 2.75) is 39.8 Å². The molecular weight excluding hydrogens is 281 g/mol. The summed E-state index contributed by atoms with van der Waals surface area (Å²) < 4.78 is 39.9. The molecule has 1 saturated carbocycles. The zero-order valence-corrected chi connectivity index (χ0v) is 11.2. The van der Waals surface area contributed by atoms with E-state index in [1.165, 1.54) is 20.8 Å². The fourth-order valence-corrected chi connectivity index (χ4v) is 2.50. The summed E-state index contributed by atoms with van der Waals surface area (Å²) in [5.74, 6) is -6.46. The number of rotatable bonds is 2. The first-order valence-electron chi connectivity index (χ1n) is 5.88. The van der Waals surface area contributed by atoms with Gasteiger partial charge in [-0.25, -0.2) is 4.79 Å². The minimum Gasteiger partial charge on any atom is -0.550 e. The molecule has 1 aliphatic rings. The van der Waals surface area contributed by atoms with Crippen LogP contribution in [0.15, 0.2) is 0 Å². The SMILES string of the molecule is CC1(C(=O)[O-])CCC(C(=O)OC(=O)C(F)(F)F)C1(C)C. The number of alkyl halides is 3. The minimum absolute atomic E-state index is 0.0153. The van der Waals surface area contributed by atoms with Gasteiger partial charge < -0.3 is 14.6 Å². The van der Waals surface area contributed by atoms with Crippen LogP contribution in [0.2, 0.25) is 0 Å². The molecule has 0 aliphatic heterocycles. The normalized spacial score (nSPS) is 29.0. The summed E-state index contributed by atoms with van der Waals surface area (Å²) in [6.45, 7) is 4.22. The first-order chi connectivity index (χ1) is 8.84. The summed E-state index contributed by atoms with van der Waals surface area (Å²) in [5.41, 5.74) is -2.56. The van der Waals surface area contributed by atoms with Crippen molar-refractivity contribution in [3.63, 3.8) is 0 Å². The third-order valence-electron chi connectivity index (χ3n) is 4.39. The van der Waals surface area contributed by atoms with Crippen molar-refractivity contribution < 1.29 is 37.4 Å². The van der Waals surface area contributed by atoms with Gasteiger partial charge in [-0.3, -0.25) is 4.79 Å². The fraction of sp³-hybridized carbons (Fsp3) is 0.750. The van der Waals surface area contributed by atoms with Gasteiger partial charge in [-0.05, 0) is 18.3 Å². The predicted molar refractivity (Wildman–Crippen MR) is 56.8 cm³/mol. The van der Waals surface area contributed by atoms with E-state index in [-0.39, 0.29) is 12.8 Å². The van der Waals surface area contributed by atoms with Crippen LogP contribution in [0, 0.1) is 16.7 Å². The van der Waals surface area contributed by atoms with Crippen LogP contribution in [-0.2, 0) is 19.1 Å². The number of aliphatic carboxylic acids is 1. The number of halogens is 3. The highest BCUT2D eigenvalue weighted by Gasteiger charge is 2.56. The molecule has 0 saturated heterocycles. The van der Waals surface area contributed by atoms with Crippen molar-refractivity contribution >= 4 is 17.9 Å². The van der Waals surface area contributed by atoms with Gasteiger partial charge in [0, 0.05) is 11.4 Å². The van der Waals surface area contributed by atoms with E-state index in [0.717, 1.165) is 0 Å². The predicted octanol–water partition coefficient (Wildman–Crippen LogP) is 0.811. The Kier molecular flexibility index (Phi) is 3.91. The van der Waals surface area contributed by atoms with Gasteiger partial charge in [-0.2, -0.15) is 13.2 Å². The second kappa shape index (κ2) is 4.75. The van der Waals surface area contributed by atoms with E-state index in [1.807, 2.05) is 0 Å². The molecule has 0 radical (unpaired) electrons. The summed E-state index contributed by atoms with van der Waals surface area (Å²) in [6, 6.07) is 0. The number of carbonyl (C=O) groups is 3. The highest BCUT2D eigenvalue weighted by Crippen LogP contribution is 2.56. The summed E-state index contributed by atoms with van der Waals surface area (Å²) in [6.07, 6.45) is -5.19. The first kappa shape index (κ1) is 16.5. The average molecular weight is 295 g/mol. The molecule has 0 aromatic carbocycles. The monoisotopic (exact) mass is 295 g/mol. The van der Waals surface area contributed by atoms with Gasteiger partial charge in [0.2, 0.25) is 0 Å². The van der Waals surface area contributed by atoms with Crippen molar-refractivity contribution in [3.8, 4) is 0 Å². The topological polar surface area (TPSA) is 83.5 Å². The van der Waals surface area contributed by atoms with Crippen molar-refractivity contribution in [2.75, 3.05) is 0 Å². The molecule has 20 heavy (non-hydrogen) atoms. The Bertz CT molecular complexity index is 454. The van der Waals surface area contributed by atoms with Gasteiger partial charge in [0.25, 0.3) is 0 Å². The number of carbonyl (C=O) groups excluding carboxylic acids is 3. The van der Waals surface area contributed by atoms with Crippen LogP contribution < -0.4 is 5.11 Å². The minimum atomic E-state index is -5.27. The Labute approximate surface area is 113 Å². The van der Waals surface area contributed by atoms with Gasteiger partial charge in [-0.15, -0.1) is 0 Å². The van der Waals surface area contributed by atoms with Crippen molar-refractivity contribution in [3.05, 3.63) is 0 Å². The van der Waals surface area contributed by atoms with E-state index in [1.54, 1.807) is 0 Å². The maximum atomic E-state index is 12.0. The Balaban J connectivity index is 2.92. The molecule has 0 heterocycles. The lowest BCUT2D eigenvalue weighted by molar-refractivity contribution is -0.323. The van der Waals surface area contributed by atoms with Crippen LogP contribution in [0.1, 0.15) is 33.6 Å². The molecule has 8 heteroatoms. The molecular formula is C12H14F3O5-. The number of ether oxygens (including phenoxy) is 1. The number of hydrogen-bond acceptors (Lipinski definition) is 5. The quantitative estimate of drug-likeness (QED) is 0.556. The average Bonchev–Trinajstić information content (AvgIpc) is 2.50. The van der Waals surface area contributed by atoms with E-state index in [4.69, 9.17) is 0 Å². The molecule has 0 aromatic rings. The molecule has 0 spiro atoms. The highest BCUT2D eigenvalue weighted by atomic mass is 19.4. The zero-order chi connectivity index (χ0) is 15.9. The molecule has 1 fully saturated rings. The Morgan fingerprint density at radius 3 is 2.05 bits per heavy atom. The van der Waals surface area contributed by atoms with Gasteiger partial charge in [-0.1, -0.05) is 20.8 Å². The number of hydrogen-bond donors (Lipinski definition) is 0. The standard InChI is InChI=1S/C12H15F3O5/c1-10(2)6(4-5-11(10,3)8(17)18)7(16)20-9(19)12(13,14)15/h6H,4-5H2,1-3H3,(H,17,18)/p-1. The summed E-state index contributed by atoms with van der Waals surface area (Å²) >= 11 is 0. The van der Waals surface area contributed by atoms with Crippen LogP contribution in [0.5, 0.6) is 0 Å². The maximum absolute atomic E-state index is 12.0. The van der Waals surface area contributed by atoms with Crippen LogP contribution in [-0.4, -0.2) is 24.1 Å². The Morgan fingerprint density at radius 1 is 1.20 bits per heavy atom. The molecule has 0 aromatic heterocycles. The van der Waals surface area contributed by atoms with E-state index in [0.29, 0.717) is 0 Å². The smallest absolute Gasteiger partial charge is 0.491 e. The summed E-state index contributed by atoms with van der Waals surface area (Å²) in [5, 5.41) is 11.2. The maximum Gasteiger partial charge on any atom is 0.491 e. The Hall–Kier alpha value is -1.60. The number of esters is 2. The molecule has 0 N–H and O–H groups in total. The summed E-state index contributed by atoms with van der Waals surface area (Å²) in [7, 11) is 0. The third kappa shape index (κ3) is 2.51. The van der Waals surface area contributed by atoms with Crippen LogP contribution in [0.3, 0.4) is 0 Å². The second-order valence-corrected chi connectivity index (χ2v) is 5.64. The van der Waals surface area contributed by atoms with Gasteiger partial charge in [0.05, 0.1) is 5.92 Å². The molecule has 0 amide bonds. The lowest BCUT2D eigenvalue weighted by Crippen LogP contribution is -2.49.